The van der Waals surface area contributed by atoms with Gasteiger partial charge in [0.2, 0.25) is 0 Å². The molecular formula is C19H16ClFN8S. The fourth-order valence-electron chi connectivity index (χ4n) is 3.25. The SMILES string of the molecule is C[C@H](Nc1ncnc2nc[nH]c12)c1cc2ncc(Cl)n2nc1-c1ccccc1F.S. The highest BCUT2D eigenvalue weighted by Gasteiger charge is 2.20. The van der Waals surface area contributed by atoms with Crippen molar-refractivity contribution >= 4 is 47.7 Å². The minimum atomic E-state index is -0.373. The van der Waals surface area contributed by atoms with Gasteiger partial charge in [-0.15, -0.1) is 0 Å². The molecule has 0 aliphatic rings. The molecule has 0 aliphatic carbocycles. The van der Waals surface area contributed by atoms with E-state index in [1.54, 1.807) is 24.5 Å². The molecule has 0 bridgehead atoms. The number of hydrogen-bond donors (Lipinski definition) is 2. The predicted molar refractivity (Wildman–Crippen MR) is 117 cm³/mol. The second kappa shape index (κ2) is 7.88. The van der Waals surface area contributed by atoms with Gasteiger partial charge in [0, 0.05) is 11.1 Å². The van der Waals surface area contributed by atoms with Crippen molar-refractivity contribution in [2.24, 2.45) is 0 Å². The number of imidazole rings is 2. The average molecular weight is 443 g/mol. The van der Waals surface area contributed by atoms with Gasteiger partial charge in [0.05, 0.1) is 24.3 Å². The van der Waals surface area contributed by atoms with Gasteiger partial charge >= 0.3 is 0 Å². The summed E-state index contributed by atoms with van der Waals surface area (Å²) >= 11 is 6.19. The van der Waals surface area contributed by atoms with E-state index in [2.05, 4.69) is 35.3 Å². The Labute approximate surface area is 182 Å². The van der Waals surface area contributed by atoms with Crippen molar-refractivity contribution in [3.05, 3.63) is 65.7 Å². The van der Waals surface area contributed by atoms with E-state index in [9.17, 15) is 4.39 Å². The van der Waals surface area contributed by atoms with E-state index in [-0.39, 0.29) is 25.4 Å². The molecule has 0 fully saturated rings. The number of nitrogens with zero attached hydrogens (tertiary/aromatic N) is 6. The summed E-state index contributed by atoms with van der Waals surface area (Å²) in [4.78, 5) is 19.9. The third-order valence-electron chi connectivity index (χ3n) is 4.65. The van der Waals surface area contributed by atoms with Gasteiger partial charge < -0.3 is 10.3 Å². The van der Waals surface area contributed by atoms with Crippen LogP contribution in [0.3, 0.4) is 0 Å². The van der Waals surface area contributed by atoms with E-state index >= 15 is 0 Å². The van der Waals surface area contributed by atoms with E-state index in [4.69, 9.17) is 11.6 Å². The van der Waals surface area contributed by atoms with E-state index < -0.39 is 0 Å². The predicted octanol–water partition coefficient (Wildman–Crippen LogP) is 4.14. The molecule has 0 aliphatic heterocycles. The van der Waals surface area contributed by atoms with Crippen molar-refractivity contribution in [1.29, 1.82) is 0 Å². The van der Waals surface area contributed by atoms with Crippen LogP contribution in [0.15, 0.2) is 49.2 Å². The van der Waals surface area contributed by atoms with E-state index in [1.807, 2.05) is 13.0 Å². The highest BCUT2D eigenvalue weighted by Crippen LogP contribution is 2.32. The Morgan fingerprint density at radius 2 is 2.00 bits per heavy atom. The molecule has 0 amide bonds. The van der Waals surface area contributed by atoms with Crippen molar-refractivity contribution in [2.75, 3.05) is 5.32 Å². The van der Waals surface area contributed by atoms with Gasteiger partial charge in [0.15, 0.2) is 22.3 Å². The highest BCUT2D eigenvalue weighted by atomic mass is 35.5. The first kappa shape index (κ1) is 20.0. The zero-order valence-corrected chi connectivity index (χ0v) is 17.4. The number of halogens is 2. The third kappa shape index (κ3) is 3.33. The summed E-state index contributed by atoms with van der Waals surface area (Å²) < 4.78 is 16.1. The lowest BCUT2D eigenvalue weighted by Gasteiger charge is -2.19. The molecule has 1 aromatic carbocycles. The summed E-state index contributed by atoms with van der Waals surface area (Å²) in [6, 6.07) is 8.04. The van der Waals surface area contributed by atoms with Gasteiger partial charge in [-0.05, 0) is 25.1 Å². The molecule has 4 aromatic heterocycles. The minimum Gasteiger partial charge on any atom is -0.362 e. The first-order valence-electron chi connectivity index (χ1n) is 8.81. The number of anilines is 1. The summed E-state index contributed by atoms with van der Waals surface area (Å²) in [6.45, 7) is 1.94. The Morgan fingerprint density at radius 3 is 2.83 bits per heavy atom. The van der Waals surface area contributed by atoms with Gasteiger partial charge in [-0.3, -0.25) is 0 Å². The Morgan fingerprint density at radius 1 is 1.17 bits per heavy atom. The number of hydrogen-bond acceptors (Lipinski definition) is 6. The van der Waals surface area contributed by atoms with Crippen LogP contribution in [0.25, 0.3) is 28.1 Å². The third-order valence-corrected chi connectivity index (χ3v) is 4.91. The standard InChI is InChI=1S/C19H14ClFN8.H2S/c1-10(27-19-17-18(24-8-23-17)25-9-26-19)12-6-15-22-7-14(20)29(15)28-16(12)11-4-2-3-5-13(11)21;/h2-10H,1H3,(H2,23,24,25,26,27);1H2/t10-;/m0./s1. The molecule has 1 atom stereocenters. The maximum Gasteiger partial charge on any atom is 0.182 e. The second-order valence-electron chi connectivity index (χ2n) is 6.47. The van der Waals surface area contributed by atoms with Crippen LogP contribution in [0.5, 0.6) is 0 Å². The van der Waals surface area contributed by atoms with Crippen LogP contribution >= 0.6 is 25.1 Å². The zero-order chi connectivity index (χ0) is 20.0. The van der Waals surface area contributed by atoms with Gasteiger partial charge in [-0.25, -0.2) is 28.8 Å². The summed E-state index contributed by atoms with van der Waals surface area (Å²) in [5.74, 6) is 0.211. The number of aromatic amines is 1. The molecule has 11 heteroatoms. The topological polar surface area (TPSA) is 96.7 Å². The molecule has 0 saturated carbocycles. The van der Waals surface area contributed by atoms with Crippen molar-refractivity contribution in [2.45, 2.75) is 13.0 Å². The number of aromatic nitrogens is 7. The minimum absolute atomic E-state index is 0. The number of fused-ring (bicyclic) bond motifs is 2. The Bertz CT molecular complexity index is 1350. The first-order chi connectivity index (χ1) is 14.1. The molecule has 0 radical (unpaired) electrons. The molecule has 5 aromatic rings. The summed E-state index contributed by atoms with van der Waals surface area (Å²) in [7, 11) is 0. The maximum atomic E-state index is 14.6. The maximum absolute atomic E-state index is 14.6. The molecule has 0 spiro atoms. The lowest BCUT2D eigenvalue weighted by Crippen LogP contribution is -2.12. The molecule has 2 N–H and O–H groups in total. The molecule has 5 rings (SSSR count). The lowest BCUT2D eigenvalue weighted by molar-refractivity contribution is 0.629. The highest BCUT2D eigenvalue weighted by molar-refractivity contribution is 7.59. The monoisotopic (exact) mass is 442 g/mol. The molecule has 152 valence electrons. The van der Waals surface area contributed by atoms with E-state index in [0.29, 0.717) is 39.0 Å². The fraction of sp³-hybridized carbons (Fsp3) is 0.105. The van der Waals surface area contributed by atoms with Crippen molar-refractivity contribution in [3.63, 3.8) is 0 Å². The number of rotatable bonds is 4. The molecule has 4 heterocycles. The van der Waals surface area contributed by atoms with Crippen LogP contribution in [0.4, 0.5) is 10.2 Å². The zero-order valence-electron chi connectivity index (χ0n) is 15.6. The van der Waals surface area contributed by atoms with Gasteiger partial charge in [-0.2, -0.15) is 18.6 Å². The quantitative estimate of drug-likeness (QED) is 0.434. The average Bonchev–Trinajstić information content (AvgIpc) is 3.35. The molecule has 0 saturated heterocycles. The van der Waals surface area contributed by atoms with Crippen LogP contribution in [0.1, 0.15) is 18.5 Å². The molecule has 8 nitrogen and oxygen atoms in total. The van der Waals surface area contributed by atoms with Crippen LogP contribution in [0, 0.1) is 5.82 Å². The van der Waals surface area contributed by atoms with Crippen molar-refractivity contribution in [3.8, 4) is 11.3 Å². The van der Waals surface area contributed by atoms with Gasteiger partial charge in [-0.1, -0.05) is 23.7 Å². The summed E-state index contributed by atoms with van der Waals surface area (Å²) in [6.07, 6.45) is 4.50. The van der Waals surface area contributed by atoms with Gasteiger partial charge in [0.1, 0.15) is 17.7 Å². The smallest absolute Gasteiger partial charge is 0.182 e. The van der Waals surface area contributed by atoms with E-state index in [1.165, 1.54) is 23.1 Å². The molecular weight excluding hydrogens is 427 g/mol. The first-order valence-corrected chi connectivity index (χ1v) is 9.19. The van der Waals surface area contributed by atoms with Crippen LogP contribution < -0.4 is 5.32 Å². The number of benzene rings is 1. The van der Waals surface area contributed by atoms with Crippen LogP contribution in [-0.4, -0.2) is 34.5 Å². The van der Waals surface area contributed by atoms with Crippen LogP contribution in [-0.2, 0) is 0 Å². The van der Waals surface area contributed by atoms with Gasteiger partial charge in [0.25, 0.3) is 0 Å². The lowest BCUT2D eigenvalue weighted by atomic mass is 10.0. The van der Waals surface area contributed by atoms with Crippen molar-refractivity contribution in [1.82, 2.24) is 34.5 Å². The number of H-pyrrole nitrogens is 1. The Hall–Kier alpha value is -3.24. The fourth-order valence-corrected chi connectivity index (χ4v) is 3.42. The molecule has 30 heavy (non-hydrogen) atoms. The van der Waals surface area contributed by atoms with Crippen molar-refractivity contribution < 1.29 is 4.39 Å². The van der Waals surface area contributed by atoms with E-state index in [0.717, 1.165) is 5.56 Å². The Kier molecular flexibility index (Phi) is 5.27. The Balaban J connectivity index is 0.00000218. The summed E-state index contributed by atoms with van der Waals surface area (Å²) in [5, 5.41) is 8.25. The second-order valence-corrected chi connectivity index (χ2v) is 6.86. The normalized spacial score (nSPS) is 12.1. The molecule has 0 unspecified atom stereocenters. The van der Waals surface area contributed by atoms with Crippen LogP contribution in [0.2, 0.25) is 5.15 Å². The largest absolute Gasteiger partial charge is 0.362 e. The summed E-state index contributed by atoms with van der Waals surface area (Å²) in [5.41, 5.74) is 3.38. The number of nitrogens with one attached hydrogen (secondary N) is 2.